The van der Waals surface area contributed by atoms with Crippen LogP contribution in [-0.4, -0.2) is 28.3 Å². The summed E-state index contributed by atoms with van der Waals surface area (Å²) in [6, 6.07) is 7.83. The SMILES string of the molecule is CC(NC(=O)C1CSc2ccccc21)(C(=O)O)C1CC1. The van der Waals surface area contributed by atoms with Gasteiger partial charge < -0.3 is 10.4 Å². The van der Waals surface area contributed by atoms with E-state index in [4.69, 9.17) is 0 Å². The number of thioether (sulfide) groups is 1. The average molecular weight is 291 g/mol. The van der Waals surface area contributed by atoms with Gasteiger partial charge in [-0.15, -0.1) is 11.8 Å². The van der Waals surface area contributed by atoms with Gasteiger partial charge in [0.15, 0.2) is 0 Å². The van der Waals surface area contributed by atoms with E-state index >= 15 is 0 Å². The maximum absolute atomic E-state index is 12.5. The molecule has 0 aromatic heterocycles. The minimum absolute atomic E-state index is 0.0632. The van der Waals surface area contributed by atoms with Crippen LogP contribution in [0.5, 0.6) is 0 Å². The smallest absolute Gasteiger partial charge is 0.329 e. The first-order chi connectivity index (χ1) is 9.52. The second-order valence-corrected chi connectivity index (χ2v) is 6.73. The van der Waals surface area contributed by atoms with E-state index in [0.29, 0.717) is 5.75 Å². The van der Waals surface area contributed by atoms with Crippen LogP contribution in [0.2, 0.25) is 0 Å². The molecule has 0 bridgehead atoms. The second kappa shape index (κ2) is 4.81. The second-order valence-electron chi connectivity index (χ2n) is 5.67. The number of amides is 1. The van der Waals surface area contributed by atoms with Crippen LogP contribution in [0.4, 0.5) is 0 Å². The van der Waals surface area contributed by atoms with Crippen LogP contribution in [0.15, 0.2) is 29.2 Å². The molecule has 0 spiro atoms. The largest absolute Gasteiger partial charge is 0.480 e. The lowest BCUT2D eigenvalue weighted by Gasteiger charge is -2.27. The number of carbonyl (C=O) groups is 2. The molecule has 1 saturated carbocycles. The van der Waals surface area contributed by atoms with Crippen molar-refractivity contribution in [2.24, 2.45) is 5.92 Å². The van der Waals surface area contributed by atoms with Gasteiger partial charge in [0.1, 0.15) is 5.54 Å². The number of carboxylic acid groups (broad SMARTS) is 1. The summed E-state index contributed by atoms with van der Waals surface area (Å²) in [5.74, 6) is -0.598. The first-order valence-corrected chi connectivity index (χ1v) is 7.78. The van der Waals surface area contributed by atoms with E-state index in [9.17, 15) is 14.7 Å². The molecule has 2 atom stereocenters. The lowest BCUT2D eigenvalue weighted by molar-refractivity contribution is -0.148. The van der Waals surface area contributed by atoms with Crippen molar-refractivity contribution in [2.75, 3.05) is 5.75 Å². The van der Waals surface area contributed by atoms with Crippen LogP contribution in [0.25, 0.3) is 0 Å². The number of fused-ring (bicyclic) bond motifs is 1. The molecular formula is C15H17NO3S. The Hall–Kier alpha value is -1.49. The van der Waals surface area contributed by atoms with Crippen molar-refractivity contribution in [1.82, 2.24) is 5.32 Å². The van der Waals surface area contributed by atoms with Crippen LogP contribution in [0.3, 0.4) is 0 Å². The predicted octanol–water partition coefficient (Wildman–Crippen LogP) is 2.25. The zero-order valence-corrected chi connectivity index (χ0v) is 12.1. The van der Waals surface area contributed by atoms with Crippen molar-refractivity contribution in [1.29, 1.82) is 0 Å². The van der Waals surface area contributed by atoms with Crippen LogP contribution in [-0.2, 0) is 9.59 Å². The third-order valence-electron chi connectivity index (χ3n) is 4.24. The van der Waals surface area contributed by atoms with Crippen molar-refractivity contribution in [3.63, 3.8) is 0 Å². The van der Waals surface area contributed by atoms with E-state index in [1.807, 2.05) is 24.3 Å². The number of benzene rings is 1. The van der Waals surface area contributed by atoms with E-state index in [2.05, 4.69) is 5.32 Å². The maximum Gasteiger partial charge on any atom is 0.329 e. The Morgan fingerprint density at radius 3 is 2.70 bits per heavy atom. The molecule has 2 aliphatic rings. The molecule has 1 aromatic rings. The van der Waals surface area contributed by atoms with Gasteiger partial charge in [0.25, 0.3) is 0 Å². The summed E-state index contributed by atoms with van der Waals surface area (Å²) in [6.45, 7) is 1.62. The summed E-state index contributed by atoms with van der Waals surface area (Å²) in [5, 5.41) is 12.2. The molecule has 5 heteroatoms. The number of hydrogen-bond donors (Lipinski definition) is 2. The minimum atomic E-state index is -1.13. The van der Waals surface area contributed by atoms with Crippen molar-refractivity contribution >= 4 is 23.6 Å². The Morgan fingerprint density at radius 1 is 1.35 bits per heavy atom. The van der Waals surface area contributed by atoms with Gasteiger partial charge in [0.05, 0.1) is 5.92 Å². The highest BCUT2D eigenvalue weighted by molar-refractivity contribution is 7.99. The quantitative estimate of drug-likeness (QED) is 0.893. The number of carboxylic acids is 1. The van der Waals surface area contributed by atoms with E-state index in [-0.39, 0.29) is 17.7 Å². The molecule has 3 rings (SSSR count). The van der Waals surface area contributed by atoms with Crippen LogP contribution in [0, 0.1) is 5.92 Å². The topological polar surface area (TPSA) is 66.4 Å². The highest BCUT2D eigenvalue weighted by Gasteiger charge is 2.49. The summed E-state index contributed by atoms with van der Waals surface area (Å²) < 4.78 is 0. The van der Waals surface area contributed by atoms with E-state index in [1.165, 1.54) is 0 Å². The Labute approximate surface area is 121 Å². The van der Waals surface area contributed by atoms with Gasteiger partial charge in [-0.2, -0.15) is 0 Å². The molecule has 20 heavy (non-hydrogen) atoms. The summed E-state index contributed by atoms with van der Waals surface area (Å²) in [4.78, 5) is 25.1. The van der Waals surface area contributed by atoms with Crippen molar-refractivity contribution in [3.05, 3.63) is 29.8 Å². The number of aliphatic carboxylic acids is 1. The fraction of sp³-hybridized carbons (Fsp3) is 0.467. The molecule has 1 aliphatic carbocycles. The zero-order chi connectivity index (χ0) is 14.3. The van der Waals surface area contributed by atoms with Gasteiger partial charge in [-0.25, -0.2) is 4.79 Å². The molecular weight excluding hydrogens is 274 g/mol. The number of nitrogens with one attached hydrogen (secondary N) is 1. The van der Waals surface area contributed by atoms with E-state index in [0.717, 1.165) is 23.3 Å². The summed E-state index contributed by atoms with van der Waals surface area (Å²) in [7, 11) is 0. The number of hydrogen-bond acceptors (Lipinski definition) is 3. The van der Waals surface area contributed by atoms with Gasteiger partial charge >= 0.3 is 5.97 Å². The first-order valence-electron chi connectivity index (χ1n) is 6.79. The zero-order valence-electron chi connectivity index (χ0n) is 11.3. The average Bonchev–Trinajstić information content (AvgIpc) is 3.18. The molecule has 1 aliphatic heterocycles. The molecule has 1 fully saturated rings. The lowest BCUT2D eigenvalue weighted by Crippen LogP contribution is -2.55. The number of carbonyl (C=O) groups excluding carboxylic acids is 1. The fourth-order valence-corrected chi connectivity index (χ4v) is 3.94. The van der Waals surface area contributed by atoms with Gasteiger partial charge in [-0.05, 0) is 37.3 Å². The van der Waals surface area contributed by atoms with E-state index in [1.54, 1.807) is 18.7 Å². The Bertz CT molecular complexity index is 570. The number of rotatable bonds is 4. The Balaban J connectivity index is 1.79. The summed E-state index contributed by atoms with van der Waals surface area (Å²) >= 11 is 1.65. The molecule has 2 N–H and O–H groups in total. The highest BCUT2D eigenvalue weighted by Crippen LogP contribution is 2.42. The van der Waals surface area contributed by atoms with Gasteiger partial charge in [0.2, 0.25) is 5.91 Å². The van der Waals surface area contributed by atoms with Gasteiger partial charge in [0, 0.05) is 10.6 Å². The molecule has 0 radical (unpaired) electrons. The molecule has 1 aromatic carbocycles. The van der Waals surface area contributed by atoms with Crippen molar-refractivity contribution in [2.45, 2.75) is 36.1 Å². The minimum Gasteiger partial charge on any atom is -0.480 e. The van der Waals surface area contributed by atoms with Crippen molar-refractivity contribution in [3.8, 4) is 0 Å². The van der Waals surface area contributed by atoms with Gasteiger partial charge in [-0.1, -0.05) is 18.2 Å². The highest BCUT2D eigenvalue weighted by atomic mass is 32.2. The summed E-state index contributed by atoms with van der Waals surface area (Å²) in [5.41, 5.74) is -0.113. The lowest BCUT2D eigenvalue weighted by atomic mass is 9.93. The maximum atomic E-state index is 12.5. The molecule has 2 unspecified atom stereocenters. The Morgan fingerprint density at radius 2 is 2.05 bits per heavy atom. The van der Waals surface area contributed by atoms with Crippen LogP contribution in [0.1, 0.15) is 31.2 Å². The molecule has 0 saturated heterocycles. The monoisotopic (exact) mass is 291 g/mol. The third kappa shape index (κ3) is 2.20. The third-order valence-corrected chi connectivity index (χ3v) is 5.42. The van der Waals surface area contributed by atoms with Crippen LogP contribution < -0.4 is 5.32 Å². The molecule has 4 nitrogen and oxygen atoms in total. The summed E-state index contributed by atoms with van der Waals surface area (Å²) in [6.07, 6.45) is 1.75. The van der Waals surface area contributed by atoms with Crippen molar-refractivity contribution < 1.29 is 14.7 Å². The molecule has 106 valence electrons. The standard InChI is InChI=1S/C15H17NO3S/c1-15(14(18)19,9-6-7-9)16-13(17)11-8-20-12-5-3-2-4-10(11)12/h2-5,9,11H,6-8H2,1H3,(H,16,17)(H,18,19). The normalized spacial score (nSPS) is 23.8. The molecule has 1 heterocycles. The van der Waals surface area contributed by atoms with E-state index < -0.39 is 11.5 Å². The van der Waals surface area contributed by atoms with Gasteiger partial charge in [-0.3, -0.25) is 4.79 Å². The molecule has 1 amide bonds. The fourth-order valence-electron chi connectivity index (χ4n) is 2.71. The predicted molar refractivity (Wildman–Crippen MR) is 76.8 cm³/mol. The van der Waals surface area contributed by atoms with Crippen LogP contribution >= 0.6 is 11.8 Å². The first kappa shape index (κ1) is 13.5. The Kier molecular flexibility index (Phi) is 3.24.